The highest BCUT2D eigenvalue weighted by molar-refractivity contribution is 7.94. The van der Waals surface area contributed by atoms with Crippen LogP contribution in [0.15, 0.2) is 28.5 Å². The first kappa shape index (κ1) is 13.7. The lowest BCUT2D eigenvalue weighted by atomic mass is 10.1. The summed E-state index contributed by atoms with van der Waals surface area (Å²) in [6.07, 6.45) is 0.912. The van der Waals surface area contributed by atoms with Crippen molar-refractivity contribution in [2.24, 2.45) is 0 Å². The summed E-state index contributed by atoms with van der Waals surface area (Å²) in [7, 11) is -3.57. The molecule has 20 heavy (non-hydrogen) atoms. The number of hydrogen-bond acceptors (Lipinski definition) is 4. The molecule has 0 amide bonds. The van der Waals surface area contributed by atoms with E-state index in [4.69, 9.17) is 11.6 Å². The molecule has 0 unspecified atom stereocenters. The van der Waals surface area contributed by atoms with Gasteiger partial charge in [-0.05, 0) is 48.7 Å². The summed E-state index contributed by atoms with van der Waals surface area (Å²) in [5, 5.41) is 3.24. The van der Waals surface area contributed by atoms with Crippen molar-refractivity contribution >= 4 is 44.3 Å². The van der Waals surface area contributed by atoms with Crippen molar-refractivity contribution in [3.05, 3.63) is 39.7 Å². The van der Waals surface area contributed by atoms with Gasteiger partial charge >= 0.3 is 0 Å². The van der Waals surface area contributed by atoms with Gasteiger partial charge in [0.2, 0.25) is 0 Å². The summed E-state index contributed by atoms with van der Waals surface area (Å²) in [6, 6.07) is 7.11. The Labute approximate surface area is 126 Å². The molecule has 2 N–H and O–H groups in total. The average Bonchev–Trinajstić information content (AvgIpc) is 2.96. The second-order valence-electron chi connectivity index (χ2n) is 4.68. The molecule has 1 aromatic carbocycles. The van der Waals surface area contributed by atoms with Gasteiger partial charge in [0.15, 0.2) is 0 Å². The highest BCUT2D eigenvalue weighted by Crippen LogP contribution is 2.32. The molecule has 2 heterocycles. The van der Waals surface area contributed by atoms with Gasteiger partial charge in [-0.25, -0.2) is 8.42 Å². The largest absolute Gasteiger partial charge is 0.384 e. The minimum absolute atomic E-state index is 0.235. The van der Waals surface area contributed by atoms with Crippen LogP contribution in [-0.4, -0.2) is 15.0 Å². The molecule has 0 aliphatic carbocycles. The van der Waals surface area contributed by atoms with Gasteiger partial charge in [0.05, 0.1) is 4.34 Å². The van der Waals surface area contributed by atoms with Crippen LogP contribution in [0.25, 0.3) is 0 Å². The van der Waals surface area contributed by atoms with Crippen LogP contribution in [0.2, 0.25) is 4.34 Å². The second kappa shape index (κ2) is 4.95. The first-order chi connectivity index (χ1) is 9.45. The number of rotatable bonds is 3. The molecule has 2 aromatic rings. The van der Waals surface area contributed by atoms with Crippen LogP contribution < -0.4 is 10.0 Å². The van der Waals surface area contributed by atoms with E-state index < -0.39 is 10.0 Å². The Morgan fingerprint density at radius 2 is 2.15 bits per heavy atom. The fraction of sp³-hybridized carbons (Fsp3) is 0.231. The van der Waals surface area contributed by atoms with Crippen LogP contribution in [-0.2, 0) is 16.4 Å². The minimum atomic E-state index is -3.57. The first-order valence-electron chi connectivity index (χ1n) is 6.11. The normalized spacial score (nSPS) is 13.9. The second-order valence-corrected chi connectivity index (χ2v) is 8.24. The molecule has 106 valence electrons. The van der Waals surface area contributed by atoms with Gasteiger partial charge in [-0.3, -0.25) is 4.72 Å². The quantitative estimate of drug-likeness (QED) is 0.907. The summed E-state index contributed by atoms with van der Waals surface area (Å²) in [4.78, 5) is 0. The topological polar surface area (TPSA) is 58.2 Å². The summed E-state index contributed by atoms with van der Waals surface area (Å²) in [5.74, 6) is 0. The number of anilines is 2. The smallest absolute Gasteiger partial charge is 0.271 e. The zero-order chi connectivity index (χ0) is 14.3. The van der Waals surface area contributed by atoms with Crippen molar-refractivity contribution in [1.29, 1.82) is 0 Å². The Bertz CT molecular complexity index is 749. The van der Waals surface area contributed by atoms with E-state index in [0.29, 0.717) is 10.0 Å². The molecule has 4 nitrogen and oxygen atoms in total. The van der Waals surface area contributed by atoms with E-state index in [1.54, 1.807) is 19.1 Å². The van der Waals surface area contributed by atoms with Crippen LogP contribution >= 0.6 is 22.9 Å². The lowest BCUT2D eigenvalue weighted by Crippen LogP contribution is -2.11. The van der Waals surface area contributed by atoms with Gasteiger partial charge in [-0.15, -0.1) is 11.3 Å². The molecule has 1 aliphatic rings. The monoisotopic (exact) mass is 328 g/mol. The van der Waals surface area contributed by atoms with E-state index in [9.17, 15) is 8.42 Å². The number of halogens is 1. The van der Waals surface area contributed by atoms with E-state index >= 15 is 0 Å². The van der Waals surface area contributed by atoms with Crippen LogP contribution in [0.1, 0.15) is 11.1 Å². The van der Waals surface area contributed by atoms with Gasteiger partial charge in [0.1, 0.15) is 4.21 Å². The molecule has 3 rings (SSSR count). The lowest BCUT2D eigenvalue weighted by Gasteiger charge is -2.08. The van der Waals surface area contributed by atoms with Crippen LogP contribution in [0.5, 0.6) is 0 Å². The molecule has 0 spiro atoms. The molecule has 0 bridgehead atoms. The molecule has 0 radical (unpaired) electrons. The molecule has 0 atom stereocenters. The zero-order valence-corrected chi connectivity index (χ0v) is 13.1. The molecule has 1 aliphatic heterocycles. The number of sulfonamides is 1. The Morgan fingerprint density at radius 3 is 2.85 bits per heavy atom. The first-order valence-corrected chi connectivity index (χ1v) is 8.79. The highest BCUT2D eigenvalue weighted by atomic mass is 35.5. The van der Waals surface area contributed by atoms with Crippen molar-refractivity contribution < 1.29 is 8.42 Å². The molecule has 0 saturated carbocycles. The Kier molecular flexibility index (Phi) is 3.40. The van der Waals surface area contributed by atoms with E-state index in [1.807, 2.05) is 12.1 Å². The number of thiophene rings is 1. The summed E-state index contributed by atoms with van der Waals surface area (Å²) in [5.41, 5.74) is 3.55. The SMILES string of the molecule is Cc1cc(S(=O)(=O)Nc2ccc3c(c2)CCN3)sc1Cl. The molecule has 0 saturated heterocycles. The van der Waals surface area contributed by atoms with Gasteiger partial charge in [-0.2, -0.15) is 0 Å². The fourth-order valence-corrected chi connectivity index (χ4v) is 4.90. The summed E-state index contributed by atoms with van der Waals surface area (Å²) < 4.78 is 27.9. The number of nitrogens with one attached hydrogen (secondary N) is 2. The van der Waals surface area contributed by atoms with Gasteiger partial charge in [-0.1, -0.05) is 11.6 Å². The number of aryl methyl sites for hydroxylation is 1. The maximum atomic E-state index is 12.3. The summed E-state index contributed by atoms with van der Waals surface area (Å²) >= 11 is 7.00. The molecule has 7 heteroatoms. The van der Waals surface area contributed by atoms with E-state index in [2.05, 4.69) is 10.0 Å². The molecule has 1 aromatic heterocycles. The van der Waals surface area contributed by atoms with Crippen molar-refractivity contribution in [2.75, 3.05) is 16.6 Å². The highest BCUT2D eigenvalue weighted by Gasteiger charge is 2.19. The predicted octanol–water partition coefficient (Wildman–Crippen LogP) is 3.48. The van der Waals surface area contributed by atoms with Gasteiger partial charge < -0.3 is 5.32 Å². The van der Waals surface area contributed by atoms with Crippen molar-refractivity contribution in [1.82, 2.24) is 0 Å². The Hall–Kier alpha value is -1.24. The minimum Gasteiger partial charge on any atom is -0.384 e. The van der Waals surface area contributed by atoms with Crippen LogP contribution in [0, 0.1) is 6.92 Å². The molecule has 0 fully saturated rings. The van der Waals surface area contributed by atoms with Crippen LogP contribution in [0.3, 0.4) is 0 Å². The number of fused-ring (bicyclic) bond motifs is 1. The van der Waals surface area contributed by atoms with E-state index in [0.717, 1.165) is 41.1 Å². The van der Waals surface area contributed by atoms with Gasteiger partial charge in [0, 0.05) is 17.9 Å². The van der Waals surface area contributed by atoms with Crippen molar-refractivity contribution in [2.45, 2.75) is 17.6 Å². The maximum Gasteiger partial charge on any atom is 0.271 e. The summed E-state index contributed by atoms with van der Waals surface area (Å²) in [6.45, 7) is 2.68. The maximum absolute atomic E-state index is 12.3. The van der Waals surface area contributed by atoms with Crippen LogP contribution in [0.4, 0.5) is 11.4 Å². The fourth-order valence-electron chi connectivity index (χ4n) is 2.14. The van der Waals surface area contributed by atoms with Gasteiger partial charge in [0.25, 0.3) is 10.0 Å². The zero-order valence-electron chi connectivity index (χ0n) is 10.7. The van der Waals surface area contributed by atoms with E-state index in [1.165, 1.54) is 0 Å². The standard InChI is InChI=1S/C13H13ClN2O2S2/c1-8-6-12(19-13(8)14)20(17,18)16-10-2-3-11-9(7-10)4-5-15-11/h2-3,6-7,15-16H,4-5H2,1H3. The number of hydrogen-bond donors (Lipinski definition) is 2. The Balaban J connectivity index is 1.90. The van der Waals surface area contributed by atoms with E-state index in [-0.39, 0.29) is 4.21 Å². The van der Waals surface area contributed by atoms with Crippen molar-refractivity contribution in [3.63, 3.8) is 0 Å². The Morgan fingerprint density at radius 1 is 1.35 bits per heavy atom. The van der Waals surface area contributed by atoms with Crippen molar-refractivity contribution in [3.8, 4) is 0 Å². The number of benzene rings is 1. The predicted molar refractivity (Wildman–Crippen MR) is 83.5 cm³/mol. The molecular weight excluding hydrogens is 316 g/mol. The lowest BCUT2D eigenvalue weighted by molar-refractivity contribution is 0.603. The third-order valence-corrected chi connectivity index (χ3v) is 6.58. The third-order valence-electron chi connectivity index (χ3n) is 3.17. The molecular formula is C13H13ClN2O2S2. The third kappa shape index (κ3) is 2.51. The average molecular weight is 329 g/mol.